The minimum Gasteiger partial charge on any atom is -1.00 e. The zero-order valence-electron chi connectivity index (χ0n) is 7.70. The topological polar surface area (TPSA) is 89.3 Å². The molecule has 76 valence electrons. The van der Waals surface area contributed by atoms with Gasteiger partial charge in [-0.1, -0.05) is 6.42 Å². The number of aliphatic carboxylic acids is 1. The Labute approximate surface area is 113 Å². The average Bonchev–Trinajstić information content (AvgIpc) is 1.88. The Morgan fingerprint density at radius 2 is 1.85 bits per heavy atom. The van der Waals surface area contributed by atoms with Crippen LogP contribution in [0.5, 0.6) is 0 Å². The maximum Gasteiger partial charge on any atom is 1.00 e. The van der Waals surface area contributed by atoms with Gasteiger partial charge >= 0.3 is 35.5 Å². The predicted octanol–water partition coefficient (Wildman–Crippen LogP) is -6.04. The van der Waals surface area contributed by atoms with Crippen LogP contribution in [0, 0.1) is 0 Å². The van der Waals surface area contributed by atoms with Gasteiger partial charge in [-0.15, -0.1) is 12.4 Å². The van der Waals surface area contributed by atoms with E-state index >= 15 is 0 Å². The molecule has 1 unspecified atom stereocenters. The zero-order valence-corrected chi connectivity index (χ0v) is 11.3. The summed E-state index contributed by atoms with van der Waals surface area (Å²) in [6.07, 6.45) is 2.16. The van der Waals surface area contributed by atoms with Crippen molar-refractivity contribution in [2.24, 2.45) is 11.5 Å². The molecule has 0 aromatic rings. The third-order valence-corrected chi connectivity index (χ3v) is 1.29. The van der Waals surface area contributed by atoms with E-state index in [2.05, 4.69) is 0 Å². The van der Waals surface area contributed by atoms with E-state index in [-0.39, 0.29) is 54.4 Å². The molecule has 0 aliphatic rings. The molecule has 0 bridgehead atoms. The van der Waals surface area contributed by atoms with Crippen molar-refractivity contribution >= 4 is 18.4 Å². The van der Waals surface area contributed by atoms with Crippen molar-refractivity contribution in [1.29, 1.82) is 0 Å². The molecule has 0 rings (SSSR count). The van der Waals surface area contributed by atoms with Gasteiger partial charge in [0, 0.05) is 0 Å². The standard InChI is InChI=1S/C6H14N2O2.2ClH.Na/c7-4-2-1-3-5(8)6(9)10;;;/h5H,1-4,7-8H2,(H,9,10);2*1H;/q;;;+1/p-1. The second-order valence-electron chi connectivity index (χ2n) is 2.23. The van der Waals surface area contributed by atoms with Crippen LogP contribution in [-0.4, -0.2) is 23.7 Å². The van der Waals surface area contributed by atoms with Crippen LogP contribution in [0.2, 0.25) is 0 Å². The Bertz CT molecular complexity index is 119. The Kier molecular flexibility index (Phi) is 28.1. The van der Waals surface area contributed by atoms with Gasteiger partial charge in [0.05, 0.1) is 0 Å². The maximum atomic E-state index is 10.1. The quantitative estimate of drug-likeness (QED) is 0.330. The number of carbonyl (C=O) groups is 1. The number of nitrogens with two attached hydrogens (primary N) is 2. The third kappa shape index (κ3) is 15.7. The Hall–Kier alpha value is 0.970. The summed E-state index contributed by atoms with van der Waals surface area (Å²) in [5, 5.41) is 8.33. The van der Waals surface area contributed by atoms with Crippen molar-refractivity contribution in [1.82, 2.24) is 0 Å². The second kappa shape index (κ2) is 15.4. The van der Waals surface area contributed by atoms with Crippen molar-refractivity contribution in [3.05, 3.63) is 0 Å². The van der Waals surface area contributed by atoms with Crippen LogP contribution in [0.3, 0.4) is 0 Å². The summed E-state index contributed by atoms with van der Waals surface area (Å²) in [4.78, 5) is 10.1. The molecule has 7 heteroatoms. The largest absolute Gasteiger partial charge is 1.00 e. The Morgan fingerprint density at radius 1 is 1.38 bits per heavy atom. The number of halogens is 2. The predicted molar refractivity (Wildman–Crippen MR) is 45.8 cm³/mol. The summed E-state index contributed by atoms with van der Waals surface area (Å²) >= 11 is 0. The van der Waals surface area contributed by atoms with E-state index in [1.165, 1.54) is 0 Å². The van der Waals surface area contributed by atoms with Crippen LogP contribution in [-0.2, 0) is 4.79 Å². The fourth-order valence-corrected chi connectivity index (χ4v) is 0.632. The van der Waals surface area contributed by atoms with Crippen molar-refractivity contribution in [3.8, 4) is 0 Å². The first-order chi connectivity index (χ1) is 4.68. The Morgan fingerprint density at radius 3 is 2.15 bits per heavy atom. The van der Waals surface area contributed by atoms with Crippen LogP contribution in [0.4, 0.5) is 0 Å². The molecule has 0 aromatic heterocycles. The van der Waals surface area contributed by atoms with E-state index in [9.17, 15) is 4.79 Å². The van der Waals surface area contributed by atoms with Crippen molar-refractivity contribution in [2.75, 3.05) is 6.54 Å². The molecule has 0 amide bonds. The first-order valence-electron chi connectivity index (χ1n) is 3.37. The minimum atomic E-state index is -0.933. The van der Waals surface area contributed by atoms with Gasteiger partial charge in [0.15, 0.2) is 0 Å². The van der Waals surface area contributed by atoms with Gasteiger partial charge < -0.3 is 29.0 Å². The molecule has 0 radical (unpaired) electrons. The summed E-state index contributed by atoms with van der Waals surface area (Å²) in [5.41, 5.74) is 10.4. The van der Waals surface area contributed by atoms with E-state index < -0.39 is 12.0 Å². The van der Waals surface area contributed by atoms with Crippen LogP contribution in [0.1, 0.15) is 19.3 Å². The number of unbranched alkanes of at least 4 members (excludes halogenated alkanes) is 1. The smallest absolute Gasteiger partial charge is 1.00 e. The number of rotatable bonds is 5. The molecule has 0 saturated carbocycles. The van der Waals surface area contributed by atoms with Crippen molar-refractivity contribution in [2.45, 2.75) is 25.3 Å². The molecule has 13 heavy (non-hydrogen) atoms. The molecular formula is C6H15Cl2N2NaO2. The third-order valence-electron chi connectivity index (χ3n) is 1.29. The van der Waals surface area contributed by atoms with Gasteiger partial charge in [0.2, 0.25) is 0 Å². The van der Waals surface area contributed by atoms with Gasteiger partial charge in [-0.3, -0.25) is 4.79 Å². The number of hydrogen-bond acceptors (Lipinski definition) is 3. The molecule has 5 N–H and O–H groups in total. The summed E-state index contributed by atoms with van der Waals surface area (Å²) in [6.45, 7) is 0.604. The van der Waals surface area contributed by atoms with Gasteiger partial charge in [-0.25, -0.2) is 0 Å². The second-order valence-corrected chi connectivity index (χ2v) is 2.23. The number of carboxylic acid groups (broad SMARTS) is 1. The molecule has 0 heterocycles. The van der Waals surface area contributed by atoms with Crippen molar-refractivity contribution < 1.29 is 51.9 Å². The minimum absolute atomic E-state index is 0. The molecule has 0 aromatic carbocycles. The molecule has 0 aliphatic carbocycles. The molecule has 1 atom stereocenters. The van der Waals surface area contributed by atoms with E-state index in [1.807, 2.05) is 0 Å². The molecule has 0 spiro atoms. The first kappa shape index (κ1) is 23.6. The fourth-order valence-electron chi connectivity index (χ4n) is 0.632. The van der Waals surface area contributed by atoms with E-state index in [1.54, 1.807) is 0 Å². The van der Waals surface area contributed by atoms with E-state index in [0.29, 0.717) is 13.0 Å². The SMILES string of the molecule is Cl.NCCCCC(N)C(=O)O.[Cl-].[Na+]. The molecule has 0 aliphatic heterocycles. The van der Waals surface area contributed by atoms with Crippen LogP contribution < -0.4 is 53.4 Å². The number of carboxylic acids is 1. The molecule has 4 nitrogen and oxygen atoms in total. The normalized spacial score (nSPS) is 10.0. The summed E-state index contributed by atoms with van der Waals surface area (Å²) < 4.78 is 0. The maximum absolute atomic E-state index is 10.1. The number of hydrogen-bond donors (Lipinski definition) is 3. The molecular weight excluding hydrogens is 226 g/mol. The monoisotopic (exact) mass is 240 g/mol. The average molecular weight is 241 g/mol. The van der Waals surface area contributed by atoms with E-state index in [0.717, 1.165) is 12.8 Å². The Balaban J connectivity index is -0.000000135. The summed E-state index contributed by atoms with van der Waals surface area (Å²) in [6, 6.07) is -0.716. The van der Waals surface area contributed by atoms with Gasteiger partial charge in [0.25, 0.3) is 0 Å². The van der Waals surface area contributed by atoms with Crippen LogP contribution in [0.15, 0.2) is 0 Å². The van der Waals surface area contributed by atoms with E-state index in [4.69, 9.17) is 16.6 Å². The van der Waals surface area contributed by atoms with Gasteiger partial charge in [-0.05, 0) is 19.4 Å². The molecule has 0 fully saturated rings. The molecule has 0 saturated heterocycles. The first-order valence-corrected chi connectivity index (χ1v) is 3.37. The zero-order chi connectivity index (χ0) is 7.98. The fraction of sp³-hybridized carbons (Fsp3) is 0.833. The van der Waals surface area contributed by atoms with Gasteiger partial charge in [0.1, 0.15) is 6.04 Å². The van der Waals surface area contributed by atoms with Gasteiger partial charge in [-0.2, -0.15) is 0 Å². The van der Waals surface area contributed by atoms with Crippen molar-refractivity contribution in [3.63, 3.8) is 0 Å². The summed E-state index contributed by atoms with van der Waals surface area (Å²) in [7, 11) is 0. The van der Waals surface area contributed by atoms with Crippen LogP contribution in [0.25, 0.3) is 0 Å². The summed E-state index contributed by atoms with van der Waals surface area (Å²) in [5.74, 6) is -0.933. The van der Waals surface area contributed by atoms with Crippen LogP contribution >= 0.6 is 12.4 Å².